The van der Waals surface area contributed by atoms with E-state index in [4.69, 9.17) is 0 Å². The van der Waals surface area contributed by atoms with Gasteiger partial charge in [0, 0.05) is 30.7 Å². The highest BCUT2D eigenvalue weighted by Crippen LogP contribution is 2.29. The average molecular weight is 236 g/mol. The molecule has 98 valence electrons. The second-order valence-corrected chi connectivity index (χ2v) is 5.70. The van der Waals surface area contributed by atoms with E-state index in [1.165, 1.54) is 45.2 Å². The second-order valence-electron chi connectivity index (χ2n) is 5.70. The van der Waals surface area contributed by atoms with Gasteiger partial charge in [0.05, 0.1) is 0 Å². The van der Waals surface area contributed by atoms with Gasteiger partial charge < -0.3 is 5.32 Å². The molecule has 1 fully saturated rings. The lowest BCUT2D eigenvalue weighted by Gasteiger charge is -2.49. The number of rotatable bonds is 4. The first kappa shape index (κ1) is 13.1. The lowest BCUT2D eigenvalue weighted by Crippen LogP contribution is -2.65. The Morgan fingerprint density at radius 1 is 1.18 bits per heavy atom. The number of hydrogen-bond donors (Lipinski definition) is 1. The van der Waals surface area contributed by atoms with Crippen LogP contribution in [0.15, 0.2) is 12.2 Å². The van der Waals surface area contributed by atoms with Crippen LogP contribution in [-0.2, 0) is 0 Å². The van der Waals surface area contributed by atoms with Crippen molar-refractivity contribution in [3.05, 3.63) is 12.2 Å². The van der Waals surface area contributed by atoms with Gasteiger partial charge in [0.15, 0.2) is 0 Å². The van der Waals surface area contributed by atoms with Crippen LogP contribution in [0.5, 0.6) is 0 Å². The van der Waals surface area contributed by atoms with Gasteiger partial charge in [-0.25, -0.2) is 0 Å². The highest BCUT2D eigenvalue weighted by molar-refractivity contribution is 5.04. The Morgan fingerprint density at radius 3 is 2.35 bits per heavy atom. The number of nitrogens with one attached hydrogen (secondary N) is 1. The van der Waals surface area contributed by atoms with Crippen LogP contribution in [0.25, 0.3) is 0 Å². The topological polar surface area (TPSA) is 15.3 Å². The molecule has 0 aromatic heterocycles. The quantitative estimate of drug-likeness (QED) is 0.755. The summed E-state index contributed by atoms with van der Waals surface area (Å²) in [5.41, 5.74) is 0.369. The maximum Gasteiger partial charge on any atom is 0.0304 e. The van der Waals surface area contributed by atoms with Crippen molar-refractivity contribution in [1.29, 1.82) is 0 Å². The lowest BCUT2D eigenvalue weighted by atomic mass is 9.87. The van der Waals surface area contributed by atoms with Crippen molar-refractivity contribution in [1.82, 2.24) is 10.2 Å². The van der Waals surface area contributed by atoms with E-state index in [1.807, 2.05) is 0 Å². The van der Waals surface area contributed by atoms with Gasteiger partial charge in [-0.3, -0.25) is 4.90 Å². The monoisotopic (exact) mass is 236 g/mol. The van der Waals surface area contributed by atoms with Crippen molar-refractivity contribution in [2.24, 2.45) is 0 Å². The van der Waals surface area contributed by atoms with E-state index in [-0.39, 0.29) is 0 Å². The van der Waals surface area contributed by atoms with Crippen LogP contribution in [0.3, 0.4) is 0 Å². The minimum absolute atomic E-state index is 0.369. The molecule has 1 heterocycles. The average Bonchev–Trinajstić information content (AvgIpc) is 2.92. The highest BCUT2D eigenvalue weighted by atomic mass is 15.3. The minimum atomic E-state index is 0.369. The van der Waals surface area contributed by atoms with Gasteiger partial charge >= 0.3 is 0 Å². The molecule has 0 spiro atoms. The van der Waals surface area contributed by atoms with Crippen molar-refractivity contribution in [3.63, 3.8) is 0 Å². The molecule has 1 atom stereocenters. The summed E-state index contributed by atoms with van der Waals surface area (Å²) in [4.78, 5) is 2.80. The SMILES string of the molecule is CCC1CNC(CC)(CC)CN1C1CC=CC1. The summed E-state index contributed by atoms with van der Waals surface area (Å²) in [7, 11) is 0. The van der Waals surface area contributed by atoms with Gasteiger partial charge in [0.25, 0.3) is 0 Å². The summed E-state index contributed by atoms with van der Waals surface area (Å²) >= 11 is 0. The van der Waals surface area contributed by atoms with E-state index in [9.17, 15) is 0 Å². The molecule has 1 unspecified atom stereocenters. The van der Waals surface area contributed by atoms with Crippen molar-refractivity contribution in [2.75, 3.05) is 13.1 Å². The molecular formula is C15H28N2. The number of nitrogens with zero attached hydrogens (tertiary/aromatic N) is 1. The standard InChI is InChI=1S/C15H28N2/c1-4-13-11-16-15(5-2,6-3)12-17(13)14-9-7-8-10-14/h7-8,13-14,16H,4-6,9-12H2,1-3H3. The fraction of sp³-hybridized carbons (Fsp3) is 0.867. The lowest BCUT2D eigenvalue weighted by molar-refractivity contribution is 0.0386. The van der Waals surface area contributed by atoms with Crippen LogP contribution in [0.4, 0.5) is 0 Å². The minimum Gasteiger partial charge on any atom is -0.308 e. The summed E-state index contributed by atoms with van der Waals surface area (Å²) in [6, 6.07) is 1.52. The van der Waals surface area contributed by atoms with E-state index in [1.54, 1.807) is 0 Å². The zero-order valence-electron chi connectivity index (χ0n) is 11.7. The first-order valence-corrected chi connectivity index (χ1v) is 7.40. The van der Waals surface area contributed by atoms with Gasteiger partial charge in [-0.05, 0) is 32.1 Å². The third-order valence-corrected chi connectivity index (χ3v) is 4.94. The fourth-order valence-electron chi connectivity index (χ4n) is 3.39. The molecule has 1 aliphatic heterocycles. The van der Waals surface area contributed by atoms with Crippen molar-refractivity contribution < 1.29 is 0 Å². The Kier molecular flexibility index (Phi) is 4.26. The molecule has 0 radical (unpaired) electrons. The zero-order valence-corrected chi connectivity index (χ0v) is 11.7. The normalized spacial score (nSPS) is 29.9. The Labute approximate surface area is 106 Å². The first-order valence-electron chi connectivity index (χ1n) is 7.40. The first-order chi connectivity index (χ1) is 8.24. The molecule has 0 aromatic rings. The molecule has 1 aliphatic carbocycles. The Balaban J connectivity index is 2.07. The molecule has 2 aliphatic rings. The molecule has 0 amide bonds. The van der Waals surface area contributed by atoms with E-state index >= 15 is 0 Å². The molecule has 17 heavy (non-hydrogen) atoms. The van der Waals surface area contributed by atoms with Crippen molar-refractivity contribution in [2.45, 2.75) is 70.5 Å². The van der Waals surface area contributed by atoms with Gasteiger partial charge in [0.2, 0.25) is 0 Å². The van der Waals surface area contributed by atoms with Crippen LogP contribution in [0.1, 0.15) is 52.9 Å². The predicted octanol–water partition coefficient (Wildman–Crippen LogP) is 2.95. The third kappa shape index (κ3) is 2.58. The number of piperazine rings is 1. The van der Waals surface area contributed by atoms with Crippen LogP contribution in [-0.4, -0.2) is 35.6 Å². The fourth-order valence-corrected chi connectivity index (χ4v) is 3.39. The Hall–Kier alpha value is -0.340. The third-order valence-electron chi connectivity index (χ3n) is 4.94. The van der Waals surface area contributed by atoms with Crippen molar-refractivity contribution in [3.8, 4) is 0 Å². The molecule has 0 aromatic carbocycles. The molecule has 2 rings (SSSR count). The molecule has 0 bridgehead atoms. The van der Waals surface area contributed by atoms with Crippen LogP contribution >= 0.6 is 0 Å². The Morgan fingerprint density at radius 2 is 1.82 bits per heavy atom. The molecule has 1 N–H and O–H groups in total. The summed E-state index contributed by atoms with van der Waals surface area (Å²) in [6.45, 7) is 9.40. The largest absolute Gasteiger partial charge is 0.308 e. The Bertz CT molecular complexity index is 258. The molecule has 2 nitrogen and oxygen atoms in total. The van der Waals surface area contributed by atoms with E-state index < -0.39 is 0 Å². The van der Waals surface area contributed by atoms with Gasteiger partial charge in [0.1, 0.15) is 0 Å². The zero-order chi connectivity index (χ0) is 12.3. The second kappa shape index (κ2) is 5.53. The molecular weight excluding hydrogens is 208 g/mol. The van der Waals surface area contributed by atoms with E-state index in [0.717, 1.165) is 12.1 Å². The maximum absolute atomic E-state index is 3.82. The van der Waals surface area contributed by atoms with E-state index in [2.05, 4.69) is 43.1 Å². The van der Waals surface area contributed by atoms with E-state index in [0.29, 0.717) is 5.54 Å². The van der Waals surface area contributed by atoms with Gasteiger partial charge in [-0.1, -0.05) is 32.9 Å². The highest BCUT2D eigenvalue weighted by Gasteiger charge is 2.38. The summed E-state index contributed by atoms with van der Waals surface area (Å²) in [5.74, 6) is 0. The smallest absolute Gasteiger partial charge is 0.0304 e. The van der Waals surface area contributed by atoms with Crippen LogP contribution < -0.4 is 5.32 Å². The number of hydrogen-bond acceptors (Lipinski definition) is 2. The summed E-state index contributed by atoms with van der Waals surface area (Å²) in [5, 5.41) is 3.82. The molecule has 2 heteroatoms. The molecule has 1 saturated heterocycles. The molecule has 0 saturated carbocycles. The summed E-state index contributed by atoms with van der Waals surface area (Å²) < 4.78 is 0. The van der Waals surface area contributed by atoms with Crippen LogP contribution in [0.2, 0.25) is 0 Å². The van der Waals surface area contributed by atoms with Gasteiger partial charge in [-0.15, -0.1) is 0 Å². The maximum atomic E-state index is 3.82. The van der Waals surface area contributed by atoms with Gasteiger partial charge in [-0.2, -0.15) is 0 Å². The van der Waals surface area contributed by atoms with Crippen LogP contribution in [0, 0.1) is 0 Å². The predicted molar refractivity (Wildman–Crippen MR) is 74.3 cm³/mol. The summed E-state index contributed by atoms with van der Waals surface area (Å²) in [6.07, 6.45) is 11.0. The van der Waals surface area contributed by atoms with Crippen molar-refractivity contribution >= 4 is 0 Å².